The van der Waals surface area contributed by atoms with Crippen LogP contribution in [0.4, 0.5) is 0 Å². The molecule has 0 aromatic rings. The van der Waals surface area contributed by atoms with Gasteiger partial charge in [0.1, 0.15) is 54.9 Å². The van der Waals surface area contributed by atoms with Gasteiger partial charge in [-0.05, 0) is 291 Å². The molecule has 846 valence electrons. The zero-order valence-corrected chi connectivity index (χ0v) is 96.6. The van der Waals surface area contributed by atoms with E-state index in [1.165, 1.54) is 0 Å². The molecule has 0 amide bonds. The maximum Gasteiger partial charge on any atom is 0.309 e. The highest BCUT2D eigenvalue weighted by Gasteiger charge is 2.42. The van der Waals surface area contributed by atoms with Crippen molar-refractivity contribution >= 4 is 53.7 Å². The summed E-state index contributed by atoms with van der Waals surface area (Å²) >= 11 is 0. The van der Waals surface area contributed by atoms with Crippen LogP contribution in [0.15, 0.2) is 0 Å². The van der Waals surface area contributed by atoms with Gasteiger partial charge in [-0.3, -0.25) is 43.2 Å². The molecule has 21 nitrogen and oxygen atoms in total. The van der Waals surface area contributed by atoms with Crippen LogP contribution in [-0.2, 0) is 85.8 Å². The minimum absolute atomic E-state index is 0.0174. The molecule has 0 aliphatic heterocycles. The Balaban J connectivity index is 3.56. The SMILES string of the molecule is CCCCCC(CC)OC(=O)CCCCCCCCN(CCCCCCCCC(=O)OC(CC)CCCCC)CCC(C)OC(=O)C1C[C@H](C(=O)OC(C)CCN(CCCCCCCCC(=O)OC(CC)CCCCC)CCCCCCCCC(=O)OC(CC)CCCCC)C[C@H](C(=O)OC(C)CCN(CCCCCCCCC(=O)OC(CC)CCCCC)CCCCCCCCC(=O)OC(CC)CCCCC)C1. The van der Waals surface area contributed by atoms with Crippen LogP contribution in [0.1, 0.15) is 605 Å². The lowest BCUT2D eigenvalue weighted by atomic mass is 9.75. The van der Waals surface area contributed by atoms with E-state index in [1.807, 2.05) is 20.8 Å². The second-order valence-corrected chi connectivity index (χ2v) is 43.8. The molecule has 1 aliphatic carbocycles. The number of carbonyl (C=O) groups is 9. The Kier molecular flexibility index (Phi) is 92.9. The van der Waals surface area contributed by atoms with Crippen molar-refractivity contribution in [2.75, 3.05) is 58.9 Å². The Morgan fingerprint density at radius 2 is 0.326 bits per heavy atom. The summed E-state index contributed by atoms with van der Waals surface area (Å²) < 4.78 is 54.6. The van der Waals surface area contributed by atoms with Gasteiger partial charge < -0.3 is 57.3 Å². The number of hydrogen-bond acceptors (Lipinski definition) is 21. The second-order valence-electron chi connectivity index (χ2n) is 43.8. The third-order valence-electron chi connectivity index (χ3n) is 30.1. The van der Waals surface area contributed by atoms with Crippen LogP contribution in [-0.4, -0.2) is 182 Å². The average Bonchev–Trinajstić information content (AvgIpc) is 0.818. The number of ether oxygens (including phenoxy) is 9. The first kappa shape index (κ1) is 137. The Bertz CT molecular complexity index is 2570. The topological polar surface area (TPSA) is 246 Å². The van der Waals surface area contributed by atoms with Gasteiger partial charge in [-0.15, -0.1) is 0 Å². The van der Waals surface area contributed by atoms with Crippen molar-refractivity contribution in [2.24, 2.45) is 17.8 Å². The third kappa shape index (κ3) is 80.1. The standard InChI is InChI=1S/C123H231N3O18/c1-16-28-58-76-109(22-7)139-115(127)82-64-46-34-40-52-70-91-124(92-71-53-41-35-47-65-83-116(128)140-110(23-8)77-59-29-17-2)97-88-103(13)136-121(133)106-100-107(122(134)137-104(14)89-98-125(93-72-54-42-36-48-66-84-117(129)141-111(24-9)78-60-30-18-3)94-73-55-43-37-49-67-85-118(130)142-112(25-10)79-61-31-19-4)102-108(101-106)123(135)138-105(15)90-99-126(95-74-56-44-38-50-68-86-119(131)143-113(26-11)80-62-32-20-5)96-75-57-45-39-51-69-87-120(132)144-114(27-12)81-63-33-21-6/h103-114H,16-102H2,1-15H3. The van der Waals surface area contributed by atoms with Gasteiger partial charge in [-0.2, -0.15) is 0 Å². The summed E-state index contributed by atoms with van der Waals surface area (Å²) in [6.07, 6.45) is 72.3. The summed E-state index contributed by atoms with van der Waals surface area (Å²) in [6, 6.07) is 0. The molecule has 1 fully saturated rings. The maximum atomic E-state index is 14.9. The molecular weight excluding hydrogens is 1810 g/mol. The first-order chi connectivity index (χ1) is 70.0. The fraction of sp³-hybridized carbons (Fsp3) is 0.927. The third-order valence-corrected chi connectivity index (χ3v) is 30.1. The molecule has 9 atom stereocenters. The van der Waals surface area contributed by atoms with E-state index in [0.717, 1.165) is 483 Å². The largest absolute Gasteiger partial charge is 0.462 e. The summed E-state index contributed by atoms with van der Waals surface area (Å²) in [6.45, 7) is 39.6. The smallest absolute Gasteiger partial charge is 0.309 e. The molecular formula is C123H231N3O18. The molecule has 0 aromatic carbocycles. The zero-order valence-electron chi connectivity index (χ0n) is 96.6. The molecule has 0 bridgehead atoms. The molecule has 1 aliphatic rings. The van der Waals surface area contributed by atoms with Gasteiger partial charge in [0.05, 0.1) is 17.8 Å². The molecule has 0 heterocycles. The van der Waals surface area contributed by atoms with Gasteiger partial charge in [0.15, 0.2) is 0 Å². The van der Waals surface area contributed by atoms with Crippen molar-refractivity contribution in [2.45, 2.75) is 660 Å². The normalized spacial score (nSPS) is 15.8. The minimum atomic E-state index is -0.719. The summed E-state index contributed by atoms with van der Waals surface area (Å²) in [5.74, 6) is -3.73. The summed E-state index contributed by atoms with van der Waals surface area (Å²) in [4.78, 5) is 129. The van der Waals surface area contributed by atoms with Gasteiger partial charge in [0.25, 0.3) is 0 Å². The molecule has 0 saturated heterocycles. The van der Waals surface area contributed by atoms with Gasteiger partial charge in [0.2, 0.25) is 0 Å². The Morgan fingerprint density at radius 3 is 0.472 bits per heavy atom. The van der Waals surface area contributed by atoms with E-state index in [1.54, 1.807) is 0 Å². The van der Waals surface area contributed by atoms with Crippen LogP contribution < -0.4 is 0 Å². The number of esters is 9. The van der Waals surface area contributed by atoms with Crippen molar-refractivity contribution < 1.29 is 85.8 Å². The van der Waals surface area contributed by atoms with E-state index in [-0.39, 0.29) is 110 Å². The lowest BCUT2D eigenvalue weighted by molar-refractivity contribution is -0.167. The van der Waals surface area contributed by atoms with E-state index in [9.17, 15) is 43.2 Å². The van der Waals surface area contributed by atoms with Crippen molar-refractivity contribution in [1.82, 2.24) is 14.7 Å². The molecule has 1 rings (SSSR count). The summed E-state index contributed by atoms with van der Waals surface area (Å²) in [7, 11) is 0. The molecule has 9 unspecified atom stereocenters. The van der Waals surface area contributed by atoms with Crippen LogP contribution in [0.5, 0.6) is 0 Å². The fourth-order valence-corrected chi connectivity index (χ4v) is 20.2. The lowest BCUT2D eigenvalue weighted by Crippen LogP contribution is -2.39. The first-order valence-corrected chi connectivity index (χ1v) is 61.9. The monoisotopic (exact) mass is 2040 g/mol. The number of carbonyl (C=O) groups excluding carboxylic acids is 9. The number of nitrogens with zero attached hydrogens (tertiary/aromatic N) is 3. The van der Waals surface area contributed by atoms with Crippen LogP contribution in [0.3, 0.4) is 0 Å². The second kappa shape index (κ2) is 97.6. The molecule has 144 heavy (non-hydrogen) atoms. The predicted octanol–water partition coefficient (Wildman–Crippen LogP) is 32.7. The molecule has 1 saturated carbocycles. The van der Waals surface area contributed by atoms with Crippen molar-refractivity contribution in [3.63, 3.8) is 0 Å². The minimum Gasteiger partial charge on any atom is -0.462 e. The van der Waals surface area contributed by atoms with E-state index in [0.29, 0.717) is 57.8 Å². The van der Waals surface area contributed by atoms with Gasteiger partial charge in [-0.25, -0.2) is 0 Å². The van der Waals surface area contributed by atoms with E-state index in [2.05, 4.69) is 97.8 Å². The number of unbranched alkanes of at least 4 members (excludes halogenated alkanes) is 42. The van der Waals surface area contributed by atoms with E-state index >= 15 is 0 Å². The van der Waals surface area contributed by atoms with Crippen molar-refractivity contribution in [3.05, 3.63) is 0 Å². The Labute approximate surface area is 885 Å². The maximum absolute atomic E-state index is 14.9. The van der Waals surface area contributed by atoms with E-state index < -0.39 is 36.1 Å². The van der Waals surface area contributed by atoms with Crippen molar-refractivity contribution in [1.29, 1.82) is 0 Å². The van der Waals surface area contributed by atoms with Gasteiger partial charge in [-0.1, -0.05) is 314 Å². The lowest BCUT2D eigenvalue weighted by Gasteiger charge is -2.33. The summed E-state index contributed by atoms with van der Waals surface area (Å²) in [5.41, 5.74) is 0. The Morgan fingerprint density at radius 1 is 0.181 bits per heavy atom. The number of rotatable bonds is 105. The average molecular weight is 2040 g/mol. The van der Waals surface area contributed by atoms with Crippen LogP contribution in [0, 0.1) is 17.8 Å². The van der Waals surface area contributed by atoms with Crippen LogP contribution in [0.2, 0.25) is 0 Å². The molecule has 0 radical (unpaired) electrons. The number of hydrogen-bond donors (Lipinski definition) is 0. The van der Waals surface area contributed by atoms with Crippen molar-refractivity contribution in [3.8, 4) is 0 Å². The molecule has 21 heteroatoms. The molecule has 0 aromatic heterocycles. The zero-order chi connectivity index (χ0) is 106. The molecule has 0 N–H and O–H groups in total. The quantitative estimate of drug-likeness (QED) is 0.0312. The highest BCUT2D eigenvalue weighted by atomic mass is 16.6. The van der Waals surface area contributed by atoms with Crippen LogP contribution in [0.25, 0.3) is 0 Å². The molecule has 0 spiro atoms. The van der Waals surface area contributed by atoms with Crippen LogP contribution >= 0.6 is 0 Å². The first-order valence-electron chi connectivity index (χ1n) is 61.9. The van der Waals surface area contributed by atoms with Gasteiger partial charge >= 0.3 is 53.7 Å². The predicted molar refractivity (Wildman–Crippen MR) is 594 cm³/mol. The summed E-state index contributed by atoms with van der Waals surface area (Å²) in [5, 5.41) is 0. The van der Waals surface area contributed by atoms with Gasteiger partial charge in [0, 0.05) is 58.2 Å². The Hall–Kier alpha value is -4.89. The highest BCUT2D eigenvalue weighted by molar-refractivity contribution is 5.81. The highest BCUT2D eigenvalue weighted by Crippen LogP contribution is 2.38. The van der Waals surface area contributed by atoms with E-state index in [4.69, 9.17) is 42.6 Å². The fourth-order valence-electron chi connectivity index (χ4n) is 20.2.